The average Bonchev–Trinajstić information content (AvgIpc) is 2.99. The highest BCUT2D eigenvalue weighted by atomic mass is 35.5. The van der Waals surface area contributed by atoms with Crippen LogP contribution in [0.5, 0.6) is 11.6 Å². The number of β-amino-alcohol motifs (C(OH)–C–C–N with tert-alkyl or cyclic N) is 1. The summed E-state index contributed by atoms with van der Waals surface area (Å²) < 4.78 is 57.7. The molecule has 1 fully saturated rings. The number of pyridine rings is 1. The first kappa shape index (κ1) is 22.9. The Labute approximate surface area is 169 Å². The van der Waals surface area contributed by atoms with E-state index < -0.39 is 30.1 Å². The number of halogens is 5. The van der Waals surface area contributed by atoms with Gasteiger partial charge in [-0.15, -0.1) is 12.4 Å². The Kier molecular flexibility index (Phi) is 7.04. The van der Waals surface area contributed by atoms with Gasteiger partial charge >= 0.3 is 6.18 Å². The molecule has 2 aromatic rings. The molecule has 0 bridgehead atoms. The van der Waals surface area contributed by atoms with Crippen LogP contribution >= 0.6 is 12.4 Å². The van der Waals surface area contributed by atoms with Gasteiger partial charge in [-0.25, -0.2) is 9.37 Å². The van der Waals surface area contributed by atoms with Gasteiger partial charge in [0, 0.05) is 24.7 Å². The monoisotopic (exact) mass is 435 g/mol. The molecule has 2 heterocycles. The average molecular weight is 436 g/mol. The summed E-state index contributed by atoms with van der Waals surface area (Å²) in [7, 11) is 0. The Morgan fingerprint density at radius 3 is 2.59 bits per heavy atom. The molecule has 3 rings (SSSR count). The Morgan fingerprint density at radius 2 is 2.00 bits per heavy atom. The number of aliphatic hydroxyl groups excluding tert-OH is 1. The second-order valence-corrected chi connectivity index (χ2v) is 6.32. The van der Waals surface area contributed by atoms with Gasteiger partial charge in [-0.2, -0.15) is 13.2 Å². The fourth-order valence-electron chi connectivity index (χ4n) is 2.78. The van der Waals surface area contributed by atoms with E-state index in [9.17, 15) is 27.5 Å². The number of carbonyl (C=O) groups excluding carboxylic acids is 1. The zero-order chi connectivity index (χ0) is 20.5. The van der Waals surface area contributed by atoms with E-state index in [0.717, 1.165) is 11.0 Å². The minimum absolute atomic E-state index is 0. The smallest absolute Gasteiger partial charge is 0.433 e. The number of likely N-dealkylation sites (tertiary alicyclic amines) is 1. The molecule has 11 heteroatoms. The van der Waals surface area contributed by atoms with Crippen molar-refractivity contribution in [2.45, 2.75) is 25.0 Å². The quantitative estimate of drug-likeness (QED) is 0.721. The first-order valence-electron chi connectivity index (χ1n) is 8.35. The highest BCUT2D eigenvalue weighted by Gasteiger charge is 2.35. The van der Waals surface area contributed by atoms with Crippen molar-refractivity contribution in [3.05, 3.63) is 53.2 Å². The van der Waals surface area contributed by atoms with Crippen LogP contribution in [0.15, 0.2) is 36.4 Å². The number of rotatable bonds is 4. The first-order chi connectivity index (χ1) is 13.2. The van der Waals surface area contributed by atoms with Gasteiger partial charge in [0.2, 0.25) is 5.88 Å². The molecule has 0 spiro atoms. The minimum atomic E-state index is -4.67. The number of carbonyl (C=O) groups is 1. The van der Waals surface area contributed by atoms with Crippen LogP contribution in [0.25, 0.3) is 0 Å². The second kappa shape index (κ2) is 8.93. The number of aromatic nitrogens is 1. The van der Waals surface area contributed by atoms with E-state index in [1.165, 1.54) is 30.3 Å². The number of nitrogens with two attached hydrogens (primary N) is 1. The van der Waals surface area contributed by atoms with Crippen molar-refractivity contribution in [3.63, 3.8) is 0 Å². The third-order valence-corrected chi connectivity index (χ3v) is 4.20. The summed E-state index contributed by atoms with van der Waals surface area (Å²) in [4.78, 5) is 17.0. The van der Waals surface area contributed by atoms with Crippen molar-refractivity contribution in [2.75, 3.05) is 13.1 Å². The fourth-order valence-corrected chi connectivity index (χ4v) is 2.78. The maximum Gasteiger partial charge on any atom is 0.433 e. The predicted octanol–water partition coefficient (Wildman–Crippen LogP) is 2.93. The minimum Gasteiger partial charge on any atom is -0.439 e. The van der Waals surface area contributed by atoms with Gasteiger partial charge in [-0.1, -0.05) is 6.07 Å². The summed E-state index contributed by atoms with van der Waals surface area (Å²) >= 11 is 0. The maximum absolute atomic E-state index is 13.4. The lowest BCUT2D eigenvalue weighted by atomic mass is 10.2. The summed E-state index contributed by atoms with van der Waals surface area (Å²) in [6.45, 7) is -0.511. The number of alkyl halides is 4. The predicted molar refractivity (Wildman–Crippen MR) is 97.7 cm³/mol. The van der Waals surface area contributed by atoms with Crippen molar-refractivity contribution >= 4 is 18.3 Å². The maximum atomic E-state index is 13.4. The van der Waals surface area contributed by atoms with Crippen LogP contribution in [0.2, 0.25) is 0 Å². The molecule has 1 saturated heterocycles. The molecule has 1 aliphatic heterocycles. The highest BCUT2D eigenvalue weighted by molar-refractivity contribution is 5.94. The number of benzene rings is 1. The SMILES string of the molecule is Cl.NCc1cc(Oc2cccc(C(=O)N3CC(O)[C@@H](F)C3)c2)nc(C(F)(F)F)c1. The summed E-state index contributed by atoms with van der Waals surface area (Å²) in [5.41, 5.74) is 4.62. The molecular formula is C18H18ClF4N3O3. The van der Waals surface area contributed by atoms with Crippen molar-refractivity contribution in [3.8, 4) is 11.6 Å². The summed E-state index contributed by atoms with van der Waals surface area (Å²) in [6, 6.07) is 7.78. The summed E-state index contributed by atoms with van der Waals surface area (Å²) in [5.74, 6) is -0.762. The zero-order valence-corrected chi connectivity index (χ0v) is 15.7. The lowest BCUT2D eigenvalue weighted by Gasteiger charge is -2.16. The second-order valence-electron chi connectivity index (χ2n) is 6.32. The standard InChI is InChI=1S/C18H17F4N3O3.ClH/c19-13-8-25(9-14(13)26)17(27)11-2-1-3-12(6-11)28-16-5-10(7-23)4-15(24-16)18(20,21)22;/h1-6,13-14,26H,7-9,23H2;1H/t13-,14?;/m0./s1. The van der Waals surface area contributed by atoms with Gasteiger partial charge in [0.15, 0.2) is 0 Å². The van der Waals surface area contributed by atoms with Gasteiger partial charge in [0.1, 0.15) is 23.7 Å². The first-order valence-corrected chi connectivity index (χ1v) is 8.35. The van der Waals surface area contributed by atoms with Crippen LogP contribution in [0.4, 0.5) is 17.6 Å². The number of nitrogens with zero attached hydrogens (tertiary/aromatic N) is 2. The molecule has 1 aliphatic rings. The molecule has 2 atom stereocenters. The Balaban J connectivity index is 0.00000300. The van der Waals surface area contributed by atoms with Crippen LogP contribution in [0, 0.1) is 0 Å². The Bertz CT molecular complexity index is 872. The topological polar surface area (TPSA) is 88.7 Å². The molecule has 3 N–H and O–H groups in total. The molecule has 1 unspecified atom stereocenters. The molecule has 29 heavy (non-hydrogen) atoms. The van der Waals surface area contributed by atoms with Crippen molar-refractivity contribution in [2.24, 2.45) is 5.73 Å². The van der Waals surface area contributed by atoms with Gasteiger partial charge in [0.25, 0.3) is 5.91 Å². The van der Waals surface area contributed by atoms with Crippen LogP contribution < -0.4 is 10.5 Å². The van der Waals surface area contributed by atoms with Crippen LogP contribution in [0.1, 0.15) is 21.6 Å². The summed E-state index contributed by atoms with van der Waals surface area (Å²) in [6.07, 6.45) is -7.43. The molecule has 1 aromatic heterocycles. The van der Waals surface area contributed by atoms with E-state index in [-0.39, 0.29) is 54.8 Å². The number of hydrogen-bond acceptors (Lipinski definition) is 5. The van der Waals surface area contributed by atoms with Gasteiger partial charge in [-0.3, -0.25) is 4.79 Å². The third kappa shape index (κ3) is 5.34. The van der Waals surface area contributed by atoms with Crippen molar-refractivity contribution in [1.29, 1.82) is 0 Å². The third-order valence-electron chi connectivity index (χ3n) is 4.20. The Hall–Kier alpha value is -2.43. The molecular weight excluding hydrogens is 418 g/mol. The fraction of sp³-hybridized carbons (Fsp3) is 0.333. The molecule has 158 valence electrons. The molecule has 6 nitrogen and oxygen atoms in total. The van der Waals surface area contributed by atoms with Gasteiger partial charge in [-0.05, 0) is 29.8 Å². The molecule has 0 aliphatic carbocycles. The van der Waals surface area contributed by atoms with Crippen LogP contribution in [0.3, 0.4) is 0 Å². The molecule has 1 amide bonds. The summed E-state index contributed by atoms with van der Waals surface area (Å²) in [5, 5.41) is 9.45. The number of hydrogen-bond donors (Lipinski definition) is 2. The number of amides is 1. The van der Waals surface area contributed by atoms with E-state index in [2.05, 4.69) is 4.98 Å². The number of aliphatic hydroxyl groups is 1. The highest BCUT2D eigenvalue weighted by Crippen LogP contribution is 2.31. The van der Waals surface area contributed by atoms with Gasteiger partial charge < -0.3 is 20.5 Å². The lowest BCUT2D eigenvalue weighted by Crippen LogP contribution is -2.29. The molecule has 0 saturated carbocycles. The van der Waals surface area contributed by atoms with E-state index in [0.29, 0.717) is 0 Å². The van der Waals surface area contributed by atoms with Crippen molar-refractivity contribution < 1.29 is 32.2 Å². The van der Waals surface area contributed by atoms with E-state index in [1.807, 2.05) is 0 Å². The zero-order valence-electron chi connectivity index (χ0n) is 14.9. The van der Waals surface area contributed by atoms with Gasteiger partial charge in [0.05, 0.1) is 6.54 Å². The van der Waals surface area contributed by atoms with E-state index in [1.54, 1.807) is 0 Å². The molecule has 1 aromatic carbocycles. The largest absolute Gasteiger partial charge is 0.439 e. The molecule has 0 radical (unpaired) electrons. The normalized spacial score (nSPS) is 19.0. The lowest BCUT2D eigenvalue weighted by molar-refractivity contribution is -0.141. The van der Waals surface area contributed by atoms with E-state index in [4.69, 9.17) is 10.5 Å². The van der Waals surface area contributed by atoms with Crippen LogP contribution in [-0.2, 0) is 12.7 Å². The number of ether oxygens (including phenoxy) is 1. The van der Waals surface area contributed by atoms with E-state index >= 15 is 0 Å². The Morgan fingerprint density at radius 1 is 1.28 bits per heavy atom. The van der Waals surface area contributed by atoms with Crippen LogP contribution in [-0.4, -0.2) is 46.3 Å². The van der Waals surface area contributed by atoms with Crippen molar-refractivity contribution in [1.82, 2.24) is 9.88 Å².